The molecule has 1 unspecified atom stereocenters. The van der Waals surface area contributed by atoms with E-state index in [4.69, 9.17) is 5.73 Å². The molecule has 1 fully saturated rings. The van der Waals surface area contributed by atoms with Crippen LogP contribution in [0.2, 0.25) is 0 Å². The van der Waals surface area contributed by atoms with Gasteiger partial charge >= 0.3 is 0 Å². The molecule has 3 heterocycles. The van der Waals surface area contributed by atoms with Crippen LogP contribution in [-0.2, 0) is 6.54 Å². The van der Waals surface area contributed by atoms with E-state index in [1.165, 1.54) is 12.8 Å². The molecule has 1 aliphatic heterocycles. The zero-order valence-electron chi connectivity index (χ0n) is 12.9. The molecule has 0 spiro atoms. The zero-order valence-corrected chi connectivity index (χ0v) is 12.9. The van der Waals surface area contributed by atoms with E-state index in [1.54, 1.807) is 17.1 Å². The van der Waals surface area contributed by atoms with Gasteiger partial charge in [0.05, 0.1) is 6.54 Å². The Morgan fingerprint density at radius 2 is 2.36 bits per heavy atom. The third kappa shape index (κ3) is 3.44. The normalized spacial score (nSPS) is 19.4. The van der Waals surface area contributed by atoms with Crippen molar-refractivity contribution in [2.45, 2.75) is 26.3 Å². The topological polar surface area (TPSA) is 72.3 Å². The van der Waals surface area contributed by atoms with Crippen LogP contribution >= 0.6 is 0 Å². The van der Waals surface area contributed by atoms with Crippen molar-refractivity contribution in [3.05, 3.63) is 42.4 Å². The fraction of sp³-hybridized carbons (Fsp3) is 0.438. The van der Waals surface area contributed by atoms with Gasteiger partial charge in [0.2, 0.25) is 0 Å². The number of piperidine rings is 1. The first-order valence-corrected chi connectivity index (χ1v) is 7.72. The Balaban J connectivity index is 1.68. The number of hydrogen-bond donors (Lipinski definition) is 1. The van der Waals surface area contributed by atoms with Crippen molar-refractivity contribution >= 4 is 5.96 Å². The smallest absolute Gasteiger partial charge is 0.191 e. The molecule has 6 heteroatoms. The van der Waals surface area contributed by atoms with Crippen LogP contribution in [0.4, 0.5) is 0 Å². The molecular weight excluding hydrogens is 276 g/mol. The van der Waals surface area contributed by atoms with E-state index in [0.29, 0.717) is 18.4 Å². The molecule has 1 saturated heterocycles. The van der Waals surface area contributed by atoms with Crippen LogP contribution in [0.1, 0.15) is 25.3 Å². The van der Waals surface area contributed by atoms with Gasteiger partial charge < -0.3 is 10.6 Å². The summed E-state index contributed by atoms with van der Waals surface area (Å²) in [5.41, 5.74) is 7.21. The number of aromatic nitrogens is 3. The van der Waals surface area contributed by atoms with Gasteiger partial charge in [-0.2, -0.15) is 5.10 Å². The Bertz CT molecular complexity index is 634. The van der Waals surface area contributed by atoms with Crippen molar-refractivity contribution in [1.82, 2.24) is 19.7 Å². The Hall–Kier alpha value is -2.37. The highest BCUT2D eigenvalue weighted by molar-refractivity contribution is 5.78. The molecule has 3 rings (SSSR count). The number of likely N-dealkylation sites (tertiary alicyclic amines) is 1. The van der Waals surface area contributed by atoms with Crippen molar-refractivity contribution in [1.29, 1.82) is 0 Å². The fourth-order valence-corrected chi connectivity index (χ4v) is 2.76. The molecule has 116 valence electrons. The number of hydrogen-bond acceptors (Lipinski definition) is 3. The summed E-state index contributed by atoms with van der Waals surface area (Å²) < 4.78 is 1.74. The van der Waals surface area contributed by atoms with Crippen molar-refractivity contribution in [3.63, 3.8) is 0 Å². The van der Waals surface area contributed by atoms with Gasteiger partial charge in [-0.05, 0) is 42.5 Å². The molecule has 22 heavy (non-hydrogen) atoms. The van der Waals surface area contributed by atoms with Crippen LogP contribution < -0.4 is 5.73 Å². The van der Waals surface area contributed by atoms with Gasteiger partial charge in [-0.25, -0.2) is 14.7 Å². The largest absolute Gasteiger partial charge is 0.370 e. The number of rotatable bonds is 3. The van der Waals surface area contributed by atoms with E-state index in [2.05, 4.69) is 26.9 Å². The van der Waals surface area contributed by atoms with Gasteiger partial charge in [-0.3, -0.25) is 0 Å². The monoisotopic (exact) mass is 298 g/mol. The lowest BCUT2D eigenvalue weighted by Crippen LogP contribution is -2.43. The van der Waals surface area contributed by atoms with Crippen LogP contribution in [0.15, 0.2) is 41.8 Å². The number of nitrogens with two attached hydrogens (primary N) is 1. The van der Waals surface area contributed by atoms with Crippen LogP contribution in [0.25, 0.3) is 5.82 Å². The molecule has 0 aromatic carbocycles. The van der Waals surface area contributed by atoms with Crippen molar-refractivity contribution in [3.8, 4) is 5.82 Å². The predicted molar refractivity (Wildman–Crippen MR) is 86.7 cm³/mol. The lowest BCUT2D eigenvalue weighted by atomic mass is 10.0. The quantitative estimate of drug-likeness (QED) is 0.693. The lowest BCUT2D eigenvalue weighted by Gasteiger charge is -2.31. The standard InChI is InChI=1S/C16H22N6/c1-13-4-2-8-21(12-13)16(17)19-11-14-5-7-18-15(10-14)22-9-3-6-20-22/h3,5-7,9-10,13H,2,4,8,11-12H2,1H3,(H2,17,19). The minimum absolute atomic E-state index is 0.563. The van der Waals surface area contributed by atoms with E-state index in [0.717, 1.165) is 24.5 Å². The fourth-order valence-electron chi connectivity index (χ4n) is 2.76. The van der Waals surface area contributed by atoms with Crippen LogP contribution in [0.5, 0.6) is 0 Å². The molecule has 0 aliphatic carbocycles. The van der Waals surface area contributed by atoms with Gasteiger partial charge in [-0.15, -0.1) is 0 Å². The first-order valence-electron chi connectivity index (χ1n) is 7.72. The third-order valence-electron chi connectivity index (χ3n) is 3.95. The Kier molecular flexibility index (Phi) is 4.37. The second-order valence-corrected chi connectivity index (χ2v) is 5.84. The first-order chi connectivity index (χ1) is 10.7. The summed E-state index contributed by atoms with van der Waals surface area (Å²) in [5, 5.41) is 4.19. The second kappa shape index (κ2) is 6.60. The summed E-state index contributed by atoms with van der Waals surface area (Å²) in [7, 11) is 0. The maximum atomic E-state index is 6.13. The molecular formula is C16H22N6. The van der Waals surface area contributed by atoms with Crippen molar-refractivity contribution < 1.29 is 0 Å². The van der Waals surface area contributed by atoms with E-state index >= 15 is 0 Å². The zero-order chi connectivity index (χ0) is 15.4. The van der Waals surface area contributed by atoms with E-state index in [1.807, 2.05) is 24.4 Å². The van der Waals surface area contributed by atoms with Crippen LogP contribution in [-0.4, -0.2) is 38.7 Å². The van der Waals surface area contributed by atoms with E-state index in [-0.39, 0.29) is 0 Å². The molecule has 0 radical (unpaired) electrons. The van der Waals surface area contributed by atoms with Crippen molar-refractivity contribution in [2.75, 3.05) is 13.1 Å². The SMILES string of the molecule is CC1CCCN(C(N)=NCc2ccnc(-n3cccn3)c2)C1. The summed E-state index contributed by atoms with van der Waals surface area (Å²) in [4.78, 5) is 11.0. The molecule has 0 saturated carbocycles. The Morgan fingerprint density at radius 3 is 3.14 bits per heavy atom. The highest BCUT2D eigenvalue weighted by Gasteiger charge is 2.17. The lowest BCUT2D eigenvalue weighted by molar-refractivity contribution is 0.270. The maximum Gasteiger partial charge on any atom is 0.191 e. The Labute approximate surface area is 130 Å². The number of guanidine groups is 1. The van der Waals surface area contributed by atoms with Gasteiger partial charge in [0.15, 0.2) is 11.8 Å². The third-order valence-corrected chi connectivity index (χ3v) is 3.95. The summed E-state index contributed by atoms with van der Waals surface area (Å²) in [6.45, 7) is 4.84. The molecule has 2 aromatic heterocycles. The minimum atomic E-state index is 0.563. The number of nitrogens with zero attached hydrogens (tertiary/aromatic N) is 5. The molecule has 1 atom stereocenters. The van der Waals surface area contributed by atoms with Crippen LogP contribution in [0.3, 0.4) is 0 Å². The van der Waals surface area contributed by atoms with Crippen LogP contribution in [0, 0.1) is 5.92 Å². The molecule has 0 amide bonds. The summed E-state index contributed by atoms with van der Waals surface area (Å²) in [6, 6.07) is 5.83. The van der Waals surface area contributed by atoms with Gasteiger partial charge in [0.1, 0.15) is 0 Å². The second-order valence-electron chi connectivity index (χ2n) is 5.84. The molecule has 2 N–H and O–H groups in total. The summed E-state index contributed by atoms with van der Waals surface area (Å²) in [6.07, 6.45) is 7.86. The number of aliphatic imine (C=N–C) groups is 1. The van der Waals surface area contributed by atoms with Gasteiger partial charge in [-0.1, -0.05) is 6.92 Å². The maximum absolute atomic E-state index is 6.13. The van der Waals surface area contributed by atoms with E-state index < -0.39 is 0 Å². The highest BCUT2D eigenvalue weighted by atomic mass is 15.3. The van der Waals surface area contributed by atoms with E-state index in [9.17, 15) is 0 Å². The molecule has 0 bridgehead atoms. The minimum Gasteiger partial charge on any atom is -0.370 e. The van der Waals surface area contributed by atoms with Crippen molar-refractivity contribution in [2.24, 2.45) is 16.6 Å². The average molecular weight is 298 g/mol. The molecule has 6 nitrogen and oxygen atoms in total. The first kappa shape index (κ1) is 14.6. The summed E-state index contributed by atoms with van der Waals surface area (Å²) >= 11 is 0. The predicted octanol–water partition coefficient (Wildman–Crippen LogP) is 1.81. The number of pyridine rings is 1. The average Bonchev–Trinajstić information content (AvgIpc) is 3.07. The molecule has 2 aromatic rings. The van der Waals surface area contributed by atoms with Gasteiger partial charge in [0, 0.05) is 31.7 Å². The molecule has 1 aliphatic rings. The summed E-state index contributed by atoms with van der Waals surface area (Å²) in [5.74, 6) is 2.13. The highest BCUT2D eigenvalue weighted by Crippen LogP contribution is 2.15. The Morgan fingerprint density at radius 1 is 1.45 bits per heavy atom. The van der Waals surface area contributed by atoms with Gasteiger partial charge in [0.25, 0.3) is 0 Å².